The summed E-state index contributed by atoms with van der Waals surface area (Å²) in [7, 11) is 2.17. The van der Waals surface area contributed by atoms with Gasteiger partial charge in [0.25, 0.3) is 0 Å². The van der Waals surface area contributed by atoms with Crippen molar-refractivity contribution in [1.82, 2.24) is 4.90 Å². The Bertz CT molecular complexity index is 404. The molecule has 0 saturated carbocycles. The van der Waals surface area contributed by atoms with Crippen LogP contribution in [0.1, 0.15) is 5.56 Å². The molecule has 0 aromatic heterocycles. The third kappa shape index (κ3) is 4.94. The third-order valence-electron chi connectivity index (χ3n) is 3.60. The van der Waals surface area contributed by atoms with Crippen LogP contribution in [0.3, 0.4) is 0 Å². The highest BCUT2D eigenvalue weighted by Crippen LogP contribution is 2.20. The fraction of sp³-hybridized carbons (Fsp3) is 0.467. The number of benzene rings is 1. The standard InChI is InChI=1S/C15H26N2O3Si/c1-5-17(12-14-9-7-6-8-10-14)15(11-16)13-21(18-2,19-3)20-4/h5-10,15H,1,11-13,16H2,2-4H3. The summed E-state index contributed by atoms with van der Waals surface area (Å²) in [6, 6.07) is 10.9. The molecule has 0 aliphatic heterocycles. The van der Waals surface area contributed by atoms with E-state index >= 15 is 0 Å². The third-order valence-corrected chi connectivity index (χ3v) is 6.44. The molecule has 0 aliphatic carbocycles. The SMILES string of the molecule is C=CN(Cc1ccccc1)C(CN)C[Si](OC)(OC)OC. The number of nitrogens with two attached hydrogens (primary N) is 1. The van der Waals surface area contributed by atoms with E-state index in [1.807, 2.05) is 24.4 Å². The van der Waals surface area contributed by atoms with Crippen molar-refractivity contribution in [2.24, 2.45) is 5.73 Å². The summed E-state index contributed by atoms with van der Waals surface area (Å²) in [5.41, 5.74) is 7.14. The van der Waals surface area contributed by atoms with Crippen molar-refractivity contribution in [3.8, 4) is 0 Å². The van der Waals surface area contributed by atoms with Crippen LogP contribution < -0.4 is 5.73 Å². The number of rotatable bonds is 10. The van der Waals surface area contributed by atoms with Gasteiger partial charge in [-0.1, -0.05) is 36.9 Å². The monoisotopic (exact) mass is 310 g/mol. The van der Waals surface area contributed by atoms with E-state index in [1.165, 1.54) is 5.56 Å². The molecule has 5 nitrogen and oxygen atoms in total. The van der Waals surface area contributed by atoms with E-state index in [4.69, 9.17) is 19.0 Å². The zero-order valence-electron chi connectivity index (χ0n) is 13.1. The lowest BCUT2D eigenvalue weighted by atomic mass is 10.2. The minimum absolute atomic E-state index is 0.0502. The van der Waals surface area contributed by atoms with Crippen LogP contribution in [0.5, 0.6) is 0 Å². The van der Waals surface area contributed by atoms with E-state index in [-0.39, 0.29) is 6.04 Å². The highest BCUT2D eigenvalue weighted by molar-refractivity contribution is 6.60. The van der Waals surface area contributed by atoms with Crippen molar-refractivity contribution >= 4 is 8.80 Å². The number of hydrogen-bond donors (Lipinski definition) is 1. The van der Waals surface area contributed by atoms with Crippen molar-refractivity contribution in [2.75, 3.05) is 27.9 Å². The molecule has 0 radical (unpaired) electrons. The molecule has 0 amide bonds. The quantitative estimate of drug-likeness (QED) is 0.668. The van der Waals surface area contributed by atoms with Gasteiger partial charge in [0.05, 0.1) is 0 Å². The number of nitrogens with zero attached hydrogens (tertiary/aromatic N) is 1. The second-order valence-corrected chi connectivity index (χ2v) is 7.73. The fourth-order valence-electron chi connectivity index (χ4n) is 2.26. The van der Waals surface area contributed by atoms with Gasteiger partial charge in [-0.15, -0.1) is 0 Å². The van der Waals surface area contributed by atoms with Crippen LogP contribution in [0.25, 0.3) is 0 Å². The van der Waals surface area contributed by atoms with E-state index in [2.05, 4.69) is 23.6 Å². The first-order chi connectivity index (χ1) is 10.1. The molecule has 2 N–H and O–H groups in total. The second kappa shape index (κ2) is 8.96. The molecule has 0 bridgehead atoms. The van der Waals surface area contributed by atoms with Gasteiger partial charge in [0.2, 0.25) is 0 Å². The summed E-state index contributed by atoms with van der Waals surface area (Å²) in [6.45, 7) is 5.12. The van der Waals surface area contributed by atoms with E-state index in [0.29, 0.717) is 12.6 Å². The minimum atomic E-state index is -2.67. The zero-order chi connectivity index (χ0) is 15.7. The van der Waals surface area contributed by atoms with Gasteiger partial charge in [-0.05, 0) is 11.8 Å². The first kappa shape index (κ1) is 17.9. The van der Waals surface area contributed by atoms with Crippen LogP contribution in [-0.2, 0) is 19.8 Å². The Morgan fingerprint density at radius 2 is 1.76 bits per heavy atom. The molecular weight excluding hydrogens is 284 g/mol. The average molecular weight is 310 g/mol. The topological polar surface area (TPSA) is 57.0 Å². The molecule has 21 heavy (non-hydrogen) atoms. The lowest BCUT2D eigenvalue weighted by Crippen LogP contribution is -2.50. The van der Waals surface area contributed by atoms with Crippen molar-refractivity contribution < 1.29 is 13.3 Å². The molecular formula is C15H26N2O3Si. The molecule has 0 fully saturated rings. The normalized spacial score (nSPS) is 13.0. The summed E-state index contributed by atoms with van der Waals surface area (Å²) < 4.78 is 16.5. The Labute approximate surface area is 128 Å². The minimum Gasteiger partial charge on any atom is -0.377 e. The van der Waals surface area contributed by atoms with Gasteiger partial charge >= 0.3 is 8.80 Å². The van der Waals surface area contributed by atoms with Crippen LogP contribution in [0, 0.1) is 0 Å². The lowest BCUT2D eigenvalue weighted by Gasteiger charge is -2.34. The van der Waals surface area contributed by atoms with Crippen LogP contribution in [0.15, 0.2) is 43.1 Å². The van der Waals surface area contributed by atoms with E-state index in [9.17, 15) is 0 Å². The van der Waals surface area contributed by atoms with Crippen molar-refractivity contribution in [3.63, 3.8) is 0 Å². The maximum atomic E-state index is 5.94. The summed E-state index contributed by atoms with van der Waals surface area (Å²) in [5.74, 6) is 0. The summed E-state index contributed by atoms with van der Waals surface area (Å²) in [5, 5.41) is 0. The highest BCUT2D eigenvalue weighted by Gasteiger charge is 2.41. The van der Waals surface area contributed by atoms with E-state index in [0.717, 1.165) is 6.54 Å². The van der Waals surface area contributed by atoms with Gasteiger partial charge in [0, 0.05) is 46.5 Å². The Balaban J connectivity index is 2.82. The summed E-state index contributed by atoms with van der Waals surface area (Å²) in [4.78, 5) is 2.11. The van der Waals surface area contributed by atoms with Crippen molar-refractivity contribution in [3.05, 3.63) is 48.7 Å². The first-order valence-electron chi connectivity index (χ1n) is 6.92. The lowest BCUT2D eigenvalue weighted by molar-refractivity contribution is 0.112. The van der Waals surface area contributed by atoms with E-state index < -0.39 is 8.80 Å². The van der Waals surface area contributed by atoms with Gasteiger partial charge < -0.3 is 23.9 Å². The van der Waals surface area contributed by atoms with Gasteiger partial charge in [-0.2, -0.15) is 0 Å². The number of hydrogen-bond acceptors (Lipinski definition) is 5. The summed E-state index contributed by atoms with van der Waals surface area (Å²) >= 11 is 0. The molecule has 0 spiro atoms. The first-order valence-corrected chi connectivity index (χ1v) is 8.85. The van der Waals surface area contributed by atoms with Gasteiger partial charge in [0.15, 0.2) is 0 Å². The van der Waals surface area contributed by atoms with Gasteiger partial charge in [-0.25, -0.2) is 0 Å². The zero-order valence-corrected chi connectivity index (χ0v) is 14.1. The highest BCUT2D eigenvalue weighted by atomic mass is 28.4. The maximum absolute atomic E-state index is 5.94. The predicted octanol–water partition coefficient (Wildman–Crippen LogP) is 1.84. The molecule has 0 saturated heterocycles. The molecule has 1 aromatic carbocycles. The molecule has 1 unspecified atom stereocenters. The Morgan fingerprint density at radius 3 is 2.19 bits per heavy atom. The Hall–Kier alpha value is -1.18. The van der Waals surface area contributed by atoms with Crippen LogP contribution >= 0.6 is 0 Å². The molecule has 118 valence electrons. The van der Waals surface area contributed by atoms with Crippen molar-refractivity contribution in [2.45, 2.75) is 18.6 Å². The second-order valence-electron chi connectivity index (χ2n) is 4.73. The molecule has 6 heteroatoms. The van der Waals surface area contributed by atoms with E-state index in [1.54, 1.807) is 21.3 Å². The van der Waals surface area contributed by atoms with Crippen molar-refractivity contribution in [1.29, 1.82) is 0 Å². The Kier molecular flexibility index (Phi) is 7.63. The molecule has 0 heterocycles. The molecule has 1 aromatic rings. The maximum Gasteiger partial charge on any atom is 0.502 e. The summed E-state index contributed by atoms with van der Waals surface area (Å²) in [6.07, 6.45) is 1.81. The fourth-order valence-corrected chi connectivity index (χ4v) is 4.24. The van der Waals surface area contributed by atoms with Crippen LogP contribution in [-0.4, -0.2) is 47.6 Å². The molecule has 0 aliphatic rings. The average Bonchev–Trinajstić information content (AvgIpc) is 2.56. The molecule has 1 rings (SSSR count). The van der Waals surface area contributed by atoms with Crippen LogP contribution in [0.2, 0.25) is 6.04 Å². The van der Waals surface area contributed by atoms with Crippen LogP contribution in [0.4, 0.5) is 0 Å². The van der Waals surface area contributed by atoms with Gasteiger partial charge in [0.1, 0.15) is 0 Å². The predicted molar refractivity (Wildman–Crippen MR) is 86.6 cm³/mol. The largest absolute Gasteiger partial charge is 0.502 e. The molecule has 1 atom stereocenters. The van der Waals surface area contributed by atoms with Gasteiger partial charge in [-0.3, -0.25) is 0 Å². The smallest absolute Gasteiger partial charge is 0.377 e. The Morgan fingerprint density at radius 1 is 1.19 bits per heavy atom.